The number of halogens is 3. The van der Waals surface area contributed by atoms with Crippen molar-refractivity contribution in [2.75, 3.05) is 6.61 Å². The zero-order valence-corrected chi connectivity index (χ0v) is 10.7. The normalized spacial score (nSPS) is 21.7. The maximum Gasteiger partial charge on any atom is 0.406 e. The van der Waals surface area contributed by atoms with Crippen molar-refractivity contribution in [1.29, 1.82) is 0 Å². The molecule has 1 heterocycles. The lowest BCUT2D eigenvalue weighted by molar-refractivity contribution is -0.167. The fraction of sp³-hybridized carbons (Fsp3) is 0.571. The zero-order valence-electron chi connectivity index (χ0n) is 10.7. The number of nitrogens with one attached hydrogen (secondary N) is 1. The molecule has 1 unspecified atom stereocenters. The van der Waals surface area contributed by atoms with E-state index in [0.717, 1.165) is 23.3 Å². The Labute approximate surface area is 109 Å². The first-order valence-corrected chi connectivity index (χ1v) is 6.51. The summed E-state index contributed by atoms with van der Waals surface area (Å²) in [4.78, 5) is 0. The van der Waals surface area contributed by atoms with E-state index >= 15 is 0 Å². The summed E-state index contributed by atoms with van der Waals surface area (Å²) < 4.78 is 44.1. The lowest BCUT2D eigenvalue weighted by Crippen LogP contribution is -2.45. The molecular formula is C14H16F3NO. The highest BCUT2D eigenvalue weighted by atomic mass is 19.4. The molecule has 1 aromatic carbocycles. The SMILES string of the molecule is CC(NC1(C(F)(F)F)CC1)c1ccc2c(c1)CCO2. The second-order valence-electron chi connectivity index (χ2n) is 5.41. The van der Waals surface area contributed by atoms with Gasteiger partial charge in [0.2, 0.25) is 0 Å². The van der Waals surface area contributed by atoms with Crippen LogP contribution in [0.2, 0.25) is 0 Å². The van der Waals surface area contributed by atoms with Gasteiger partial charge in [0.15, 0.2) is 0 Å². The number of hydrogen-bond acceptors (Lipinski definition) is 2. The van der Waals surface area contributed by atoms with Crippen LogP contribution >= 0.6 is 0 Å². The molecule has 0 aromatic heterocycles. The van der Waals surface area contributed by atoms with Gasteiger partial charge in [0.25, 0.3) is 0 Å². The van der Waals surface area contributed by atoms with E-state index in [4.69, 9.17) is 4.74 Å². The fourth-order valence-corrected chi connectivity index (χ4v) is 2.61. The predicted octanol–water partition coefficient (Wildman–Crippen LogP) is 3.37. The van der Waals surface area contributed by atoms with Gasteiger partial charge in [-0.3, -0.25) is 5.32 Å². The quantitative estimate of drug-likeness (QED) is 0.910. The third-order valence-electron chi connectivity index (χ3n) is 4.00. The number of hydrogen-bond donors (Lipinski definition) is 1. The van der Waals surface area contributed by atoms with Crippen LogP contribution in [0.5, 0.6) is 5.75 Å². The summed E-state index contributed by atoms with van der Waals surface area (Å²) in [6, 6.07) is 5.33. The van der Waals surface area contributed by atoms with Crippen molar-refractivity contribution < 1.29 is 17.9 Å². The number of benzene rings is 1. The summed E-state index contributed by atoms with van der Waals surface area (Å²) in [6.45, 7) is 2.44. The molecule has 104 valence electrons. The molecule has 19 heavy (non-hydrogen) atoms. The Balaban J connectivity index is 1.76. The molecule has 0 bridgehead atoms. The van der Waals surface area contributed by atoms with Crippen molar-refractivity contribution in [1.82, 2.24) is 5.32 Å². The number of alkyl halides is 3. The van der Waals surface area contributed by atoms with Crippen molar-refractivity contribution >= 4 is 0 Å². The fourth-order valence-electron chi connectivity index (χ4n) is 2.61. The highest BCUT2D eigenvalue weighted by Gasteiger charge is 2.63. The van der Waals surface area contributed by atoms with E-state index < -0.39 is 11.7 Å². The van der Waals surface area contributed by atoms with Crippen molar-refractivity contribution in [3.8, 4) is 5.75 Å². The van der Waals surface area contributed by atoms with Gasteiger partial charge in [-0.25, -0.2) is 0 Å². The molecule has 1 fully saturated rings. The number of fused-ring (bicyclic) bond motifs is 1. The molecule has 0 amide bonds. The van der Waals surface area contributed by atoms with E-state index in [1.54, 1.807) is 6.92 Å². The van der Waals surface area contributed by atoms with Crippen LogP contribution in [0.25, 0.3) is 0 Å². The van der Waals surface area contributed by atoms with Gasteiger partial charge in [0, 0.05) is 12.5 Å². The van der Waals surface area contributed by atoms with Crippen LogP contribution in [0.3, 0.4) is 0 Å². The molecular weight excluding hydrogens is 255 g/mol. The molecule has 5 heteroatoms. The highest BCUT2D eigenvalue weighted by molar-refractivity contribution is 5.40. The van der Waals surface area contributed by atoms with E-state index in [0.29, 0.717) is 6.61 Å². The molecule has 1 atom stereocenters. The standard InChI is InChI=1S/C14H16F3NO/c1-9(18-13(5-6-13)14(15,16)17)10-2-3-12-11(8-10)4-7-19-12/h2-3,8-9,18H,4-7H2,1H3. The van der Waals surface area contributed by atoms with E-state index in [1.807, 2.05) is 18.2 Å². The molecule has 2 aliphatic rings. The summed E-state index contributed by atoms with van der Waals surface area (Å²) in [5.41, 5.74) is 0.310. The lowest BCUT2D eigenvalue weighted by atomic mass is 10.0. The van der Waals surface area contributed by atoms with Crippen molar-refractivity contribution in [3.63, 3.8) is 0 Å². The Morgan fingerprint density at radius 2 is 2.05 bits per heavy atom. The van der Waals surface area contributed by atoms with Crippen LogP contribution in [0, 0.1) is 0 Å². The van der Waals surface area contributed by atoms with Crippen LogP contribution in [0.1, 0.15) is 36.9 Å². The van der Waals surface area contributed by atoms with Crippen LogP contribution < -0.4 is 10.1 Å². The molecule has 1 saturated carbocycles. The van der Waals surface area contributed by atoms with E-state index in [2.05, 4.69) is 5.32 Å². The Kier molecular flexibility index (Phi) is 2.78. The summed E-state index contributed by atoms with van der Waals surface area (Å²) in [5, 5.41) is 2.75. The third-order valence-corrected chi connectivity index (χ3v) is 4.00. The molecule has 1 N–H and O–H groups in total. The monoisotopic (exact) mass is 271 g/mol. The van der Waals surface area contributed by atoms with Gasteiger partial charge in [-0.1, -0.05) is 12.1 Å². The van der Waals surface area contributed by atoms with Gasteiger partial charge < -0.3 is 4.74 Å². The van der Waals surface area contributed by atoms with Crippen molar-refractivity contribution in [3.05, 3.63) is 29.3 Å². The first-order chi connectivity index (χ1) is 8.91. The minimum atomic E-state index is -4.17. The van der Waals surface area contributed by atoms with Gasteiger partial charge in [-0.15, -0.1) is 0 Å². The average Bonchev–Trinajstić information content (AvgIpc) is 2.99. The maximum atomic E-state index is 12.9. The molecule has 1 aliphatic heterocycles. The Morgan fingerprint density at radius 1 is 1.32 bits per heavy atom. The minimum absolute atomic E-state index is 0.175. The van der Waals surface area contributed by atoms with Crippen molar-refractivity contribution in [2.24, 2.45) is 0 Å². The van der Waals surface area contributed by atoms with E-state index in [1.165, 1.54) is 0 Å². The predicted molar refractivity (Wildman–Crippen MR) is 65.2 cm³/mol. The molecule has 0 radical (unpaired) electrons. The van der Waals surface area contributed by atoms with Crippen LogP contribution in [-0.4, -0.2) is 18.3 Å². The average molecular weight is 271 g/mol. The van der Waals surface area contributed by atoms with Crippen molar-refractivity contribution in [2.45, 2.75) is 43.9 Å². The number of rotatable bonds is 3. The third kappa shape index (κ3) is 2.20. The number of ether oxygens (including phenoxy) is 1. The first-order valence-electron chi connectivity index (χ1n) is 6.51. The largest absolute Gasteiger partial charge is 0.493 e. The second-order valence-corrected chi connectivity index (χ2v) is 5.41. The van der Waals surface area contributed by atoms with E-state index in [-0.39, 0.29) is 18.9 Å². The maximum absolute atomic E-state index is 12.9. The highest BCUT2D eigenvalue weighted by Crippen LogP contribution is 2.50. The Bertz CT molecular complexity index is 494. The van der Waals surface area contributed by atoms with Gasteiger partial charge in [0.05, 0.1) is 6.61 Å². The van der Waals surface area contributed by atoms with Crippen LogP contribution in [0.15, 0.2) is 18.2 Å². The molecule has 1 aliphatic carbocycles. The van der Waals surface area contributed by atoms with Gasteiger partial charge in [0.1, 0.15) is 11.3 Å². The summed E-state index contributed by atoms with van der Waals surface area (Å²) in [5.74, 6) is 0.855. The van der Waals surface area contributed by atoms with E-state index in [9.17, 15) is 13.2 Å². The Morgan fingerprint density at radius 3 is 2.68 bits per heavy atom. The summed E-state index contributed by atoms with van der Waals surface area (Å²) in [7, 11) is 0. The van der Waals surface area contributed by atoms with Gasteiger partial charge in [-0.05, 0) is 37.0 Å². The smallest absolute Gasteiger partial charge is 0.406 e. The van der Waals surface area contributed by atoms with Crippen LogP contribution in [0.4, 0.5) is 13.2 Å². The lowest BCUT2D eigenvalue weighted by Gasteiger charge is -2.25. The first kappa shape index (κ1) is 12.8. The summed E-state index contributed by atoms with van der Waals surface area (Å²) >= 11 is 0. The minimum Gasteiger partial charge on any atom is -0.493 e. The van der Waals surface area contributed by atoms with Crippen LogP contribution in [-0.2, 0) is 6.42 Å². The molecule has 0 saturated heterocycles. The zero-order chi connectivity index (χ0) is 13.7. The van der Waals surface area contributed by atoms with Gasteiger partial charge in [-0.2, -0.15) is 13.2 Å². The molecule has 3 rings (SSSR count). The Hall–Kier alpha value is -1.23. The molecule has 1 aromatic rings. The summed E-state index contributed by atoms with van der Waals surface area (Å²) in [6.07, 6.45) is -2.98. The second kappa shape index (κ2) is 4.13. The molecule has 0 spiro atoms. The molecule has 2 nitrogen and oxygen atoms in total. The van der Waals surface area contributed by atoms with Gasteiger partial charge >= 0.3 is 6.18 Å². The topological polar surface area (TPSA) is 21.3 Å².